The number of ether oxygens (including phenoxy) is 1. The van der Waals surface area contributed by atoms with E-state index in [9.17, 15) is 9.18 Å². The van der Waals surface area contributed by atoms with E-state index in [2.05, 4.69) is 17.0 Å². The van der Waals surface area contributed by atoms with Crippen molar-refractivity contribution in [3.05, 3.63) is 65.5 Å². The van der Waals surface area contributed by atoms with Crippen LogP contribution >= 0.6 is 0 Å². The van der Waals surface area contributed by atoms with E-state index in [1.165, 1.54) is 11.6 Å². The summed E-state index contributed by atoms with van der Waals surface area (Å²) in [5.74, 6) is 1.47. The predicted molar refractivity (Wildman–Crippen MR) is 116 cm³/mol. The highest BCUT2D eigenvalue weighted by molar-refractivity contribution is 5.77. The van der Waals surface area contributed by atoms with Crippen molar-refractivity contribution in [3.8, 4) is 5.75 Å². The molecule has 0 aromatic heterocycles. The minimum atomic E-state index is -0.177. The van der Waals surface area contributed by atoms with Crippen molar-refractivity contribution in [2.45, 2.75) is 45.2 Å². The second-order valence-corrected chi connectivity index (χ2v) is 8.40. The number of piperidine rings is 2. The summed E-state index contributed by atoms with van der Waals surface area (Å²) < 4.78 is 19.5. The van der Waals surface area contributed by atoms with Crippen LogP contribution in [0.5, 0.6) is 5.75 Å². The van der Waals surface area contributed by atoms with Crippen LogP contribution in [0.1, 0.15) is 37.3 Å². The van der Waals surface area contributed by atoms with Crippen LogP contribution in [-0.4, -0.2) is 48.0 Å². The van der Waals surface area contributed by atoms with Crippen molar-refractivity contribution in [1.82, 2.24) is 9.80 Å². The Labute approximate surface area is 178 Å². The fourth-order valence-electron chi connectivity index (χ4n) is 4.92. The lowest BCUT2D eigenvalue weighted by atomic mass is 9.83. The van der Waals surface area contributed by atoms with Gasteiger partial charge in [-0.3, -0.25) is 9.69 Å². The van der Waals surface area contributed by atoms with E-state index in [-0.39, 0.29) is 17.8 Å². The van der Waals surface area contributed by atoms with Crippen molar-refractivity contribution < 1.29 is 13.9 Å². The van der Waals surface area contributed by atoms with E-state index in [1.807, 2.05) is 36.1 Å². The topological polar surface area (TPSA) is 32.8 Å². The van der Waals surface area contributed by atoms with Gasteiger partial charge < -0.3 is 9.64 Å². The van der Waals surface area contributed by atoms with E-state index >= 15 is 0 Å². The molecule has 160 valence electrons. The second-order valence-electron chi connectivity index (χ2n) is 8.40. The number of hydrogen-bond acceptors (Lipinski definition) is 3. The molecule has 2 fully saturated rings. The van der Waals surface area contributed by atoms with Gasteiger partial charge >= 0.3 is 0 Å². The highest BCUT2D eigenvalue weighted by Crippen LogP contribution is 2.32. The Kier molecular flexibility index (Phi) is 6.68. The SMILES string of the molecule is CCOc1ccc(CN2CC[C@H]3[C@H](CCC(=O)N3CCc3ccccc3F)C2)cc1. The molecule has 2 saturated heterocycles. The summed E-state index contributed by atoms with van der Waals surface area (Å²) in [4.78, 5) is 17.2. The average molecular weight is 411 g/mol. The Morgan fingerprint density at radius 1 is 1.10 bits per heavy atom. The third-order valence-corrected chi connectivity index (χ3v) is 6.45. The summed E-state index contributed by atoms with van der Waals surface area (Å²) in [7, 11) is 0. The highest BCUT2D eigenvalue weighted by atomic mass is 19.1. The molecule has 0 aliphatic carbocycles. The van der Waals surface area contributed by atoms with E-state index in [0.717, 1.165) is 38.2 Å². The molecule has 2 aromatic rings. The number of likely N-dealkylation sites (tertiary alicyclic amines) is 2. The largest absolute Gasteiger partial charge is 0.494 e. The first-order valence-electron chi connectivity index (χ1n) is 11.1. The number of fused-ring (bicyclic) bond motifs is 1. The van der Waals surface area contributed by atoms with Gasteiger partial charge in [0.25, 0.3) is 0 Å². The van der Waals surface area contributed by atoms with Crippen LogP contribution in [0, 0.1) is 11.7 Å². The van der Waals surface area contributed by atoms with E-state index < -0.39 is 0 Å². The second kappa shape index (κ2) is 9.61. The van der Waals surface area contributed by atoms with Crippen LogP contribution in [0.4, 0.5) is 4.39 Å². The number of carbonyl (C=O) groups is 1. The van der Waals surface area contributed by atoms with Gasteiger partial charge in [0.2, 0.25) is 5.91 Å². The minimum Gasteiger partial charge on any atom is -0.494 e. The van der Waals surface area contributed by atoms with E-state index in [4.69, 9.17) is 4.74 Å². The maximum Gasteiger partial charge on any atom is 0.222 e. The quantitative estimate of drug-likeness (QED) is 0.683. The van der Waals surface area contributed by atoms with Gasteiger partial charge in [-0.25, -0.2) is 4.39 Å². The number of benzene rings is 2. The van der Waals surface area contributed by atoms with Crippen molar-refractivity contribution in [3.63, 3.8) is 0 Å². The molecule has 0 N–H and O–H groups in total. The third kappa shape index (κ3) is 4.84. The molecule has 0 bridgehead atoms. The fourth-order valence-corrected chi connectivity index (χ4v) is 4.92. The number of amides is 1. The van der Waals surface area contributed by atoms with E-state index in [1.54, 1.807) is 6.07 Å². The molecule has 4 nitrogen and oxygen atoms in total. The molecule has 2 aliphatic rings. The molecule has 0 radical (unpaired) electrons. The molecule has 1 amide bonds. The lowest BCUT2D eigenvalue weighted by molar-refractivity contribution is -0.141. The minimum absolute atomic E-state index is 0.177. The number of carbonyl (C=O) groups excluding carboxylic acids is 1. The molecule has 0 unspecified atom stereocenters. The summed E-state index contributed by atoms with van der Waals surface area (Å²) in [6.07, 6.45) is 3.14. The molecular weight excluding hydrogens is 379 g/mol. The first-order valence-corrected chi connectivity index (χ1v) is 11.1. The first-order chi connectivity index (χ1) is 14.6. The number of nitrogens with zero attached hydrogens (tertiary/aromatic N) is 2. The summed E-state index contributed by atoms with van der Waals surface area (Å²) in [5.41, 5.74) is 1.99. The molecule has 5 heteroatoms. The van der Waals surface area contributed by atoms with Gasteiger partial charge in [-0.15, -0.1) is 0 Å². The Hall–Kier alpha value is -2.40. The Morgan fingerprint density at radius 2 is 1.90 bits per heavy atom. The van der Waals surface area contributed by atoms with Crippen LogP contribution < -0.4 is 4.74 Å². The van der Waals surface area contributed by atoms with E-state index in [0.29, 0.717) is 37.5 Å². The molecule has 2 atom stereocenters. The van der Waals surface area contributed by atoms with Crippen molar-refractivity contribution in [2.24, 2.45) is 5.92 Å². The summed E-state index contributed by atoms with van der Waals surface area (Å²) in [5, 5.41) is 0. The van der Waals surface area contributed by atoms with Gasteiger partial charge in [0.1, 0.15) is 11.6 Å². The molecule has 2 aromatic carbocycles. The van der Waals surface area contributed by atoms with Crippen molar-refractivity contribution in [1.29, 1.82) is 0 Å². The van der Waals surface area contributed by atoms with Gasteiger partial charge in [0, 0.05) is 38.6 Å². The Morgan fingerprint density at radius 3 is 2.67 bits per heavy atom. The fraction of sp³-hybridized carbons (Fsp3) is 0.480. The number of rotatable bonds is 7. The van der Waals surface area contributed by atoms with Crippen LogP contribution in [0.2, 0.25) is 0 Å². The van der Waals surface area contributed by atoms with Crippen molar-refractivity contribution in [2.75, 3.05) is 26.2 Å². The maximum atomic E-state index is 14.0. The summed E-state index contributed by atoms with van der Waals surface area (Å²) in [6.45, 7) is 6.21. The van der Waals surface area contributed by atoms with Gasteiger partial charge in [-0.05, 0) is 61.4 Å². The van der Waals surface area contributed by atoms with Crippen LogP contribution in [0.3, 0.4) is 0 Å². The zero-order valence-corrected chi connectivity index (χ0v) is 17.7. The van der Waals surface area contributed by atoms with Crippen LogP contribution in [-0.2, 0) is 17.8 Å². The van der Waals surface area contributed by atoms with Gasteiger partial charge in [0.15, 0.2) is 0 Å². The lowest BCUT2D eigenvalue weighted by Gasteiger charge is -2.47. The highest BCUT2D eigenvalue weighted by Gasteiger charge is 2.38. The third-order valence-electron chi connectivity index (χ3n) is 6.45. The summed E-state index contributed by atoms with van der Waals surface area (Å²) >= 11 is 0. The van der Waals surface area contributed by atoms with Gasteiger partial charge in [-0.2, -0.15) is 0 Å². The molecular formula is C25H31FN2O2. The zero-order chi connectivity index (χ0) is 20.9. The Balaban J connectivity index is 1.35. The summed E-state index contributed by atoms with van der Waals surface area (Å²) in [6, 6.07) is 15.5. The molecule has 2 heterocycles. The predicted octanol–water partition coefficient (Wildman–Crippen LogP) is 4.28. The Bertz CT molecular complexity index is 854. The lowest BCUT2D eigenvalue weighted by Crippen LogP contribution is -2.56. The van der Waals surface area contributed by atoms with Gasteiger partial charge in [-0.1, -0.05) is 30.3 Å². The number of hydrogen-bond donors (Lipinski definition) is 0. The van der Waals surface area contributed by atoms with Gasteiger partial charge in [0.05, 0.1) is 6.61 Å². The standard InChI is InChI=1S/C25H31FN2O2/c1-2-30-22-10-7-19(8-11-22)17-27-15-14-24-21(18-27)9-12-25(29)28(24)16-13-20-5-3-4-6-23(20)26/h3-8,10-11,21,24H,2,9,12-18H2,1H3/t21-,24+/m1/s1. The molecule has 30 heavy (non-hydrogen) atoms. The van der Waals surface area contributed by atoms with Crippen LogP contribution in [0.25, 0.3) is 0 Å². The monoisotopic (exact) mass is 410 g/mol. The van der Waals surface area contributed by atoms with Crippen molar-refractivity contribution >= 4 is 5.91 Å². The first kappa shape index (κ1) is 20.9. The molecule has 0 spiro atoms. The van der Waals surface area contributed by atoms with Crippen LogP contribution in [0.15, 0.2) is 48.5 Å². The zero-order valence-electron chi connectivity index (χ0n) is 17.7. The molecule has 4 rings (SSSR count). The molecule has 2 aliphatic heterocycles. The number of halogens is 1. The average Bonchev–Trinajstić information content (AvgIpc) is 2.76. The smallest absolute Gasteiger partial charge is 0.222 e. The maximum absolute atomic E-state index is 14.0. The molecule has 0 saturated carbocycles. The normalized spacial score (nSPS) is 22.1.